The van der Waals surface area contributed by atoms with Crippen LogP contribution in [0, 0.1) is 6.92 Å². The molecule has 28 heavy (non-hydrogen) atoms. The van der Waals surface area contributed by atoms with Gasteiger partial charge in [0, 0.05) is 28.1 Å². The number of thioether (sulfide) groups is 1. The molecular formula is C20H20BrN3O3S. The van der Waals surface area contributed by atoms with E-state index in [-0.39, 0.29) is 6.54 Å². The van der Waals surface area contributed by atoms with Crippen LogP contribution in [0.25, 0.3) is 6.08 Å². The van der Waals surface area contributed by atoms with E-state index in [1.54, 1.807) is 30.3 Å². The van der Waals surface area contributed by atoms with Gasteiger partial charge < -0.3 is 9.88 Å². The molecule has 2 aromatic rings. The number of aromatic nitrogens is 1. The Bertz CT molecular complexity index is 964. The zero-order valence-electron chi connectivity index (χ0n) is 15.7. The third-order valence-corrected chi connectivity index (χ3v) is 5.66. The summed E-state index contributed by atoms with van der Waals surface area (Å²) in [7, 11) is 0. The van der Waals surface area contributed by atoms with E-state index in [0.29, 0.717) is 16.6 Å². The number of aryl methyl sites for hydroxylation is 1. The Hall–Kier alpha value is -2.32. The quantitative estimate of drug-likeness (QED) is 0.648. The van der Waals surface area contributed by atoms with Crippen LogP contribution in [0.4, 0.5) is 10.5 Å². The van der Waals surface area contributed by atoms with E-state index in [4.69, 9.17) is 0 Å². The fraction of sp³-hybridized carbons (Fsp3) is 0.250. The standard InChI is InChI=1S/C20H20BrN3O3S/c1-12(2)23-10-14(8-13(23)3)9-17-19(26)24(20(27)28-17)11-18(25)22-16-6-4-15(21)5-7-16/h4-10,12H,11H2,1-3H3,(H,22,25)/b17-9+. The number of rotatable bonds is 5. The first kappa shape index (κ1) is 20.4. The minimum Gasteiger partial charge on any atom is -0.349 e. The highest BCUT2D eigenvalue weighted by molar-refractivity contribution is 9.10. The van der Waals surface area contributed by atoms with Crippen LogP contribution in [0.2, 0.25) is 0 Å². The van der Waals surface area contributed by atoms with Crippen LogP contribution in [0.1, 0.15) is 31.1 Å². The molecule has 1 aliphatic heterocycles. The maximum absolute atomic E-state index is 12.6. The number of carbonyl (C=O) groups is 3. The first-order chi connectivity index (χ1) is 13.2. The number of hydrogen-bond acceptors (Lipinski definition) is 4. The molecule has 1 N–H and O–H groups in total. The van der Waals surface area contributed by atoms with Gasteiger partial charge in [-0.05, 0) is 74.5 Å². The largest absolute Gasteiger partial charge is 0.349 e. The molecule has 2 heterocycles. The average Bonchev–Trinajstić information content (AvgIpc) is 3.12. The molecule has 1 fully saturated rings. The average molecular weight is 462 g/mol. The minimum absolute atomic E-state index is 0.305. The normalized spacial score (nSPS) is 15.8. The third-order valence-electron chi connectivity index (χ3n) is 4.23. The summed E-state index contributed by atoms with van der Waals surface area (Å²) in [6.45, 7) is 5.84. The molecule has 0 spiro atoms. The van der Waals surface area contributed by atoms with E-state index in [0.717, 1.165) is 32.4 Å². The van der Waals surface area contributed by atoms with Gasteiger partial charge >= 0.3 is 0 Å². The summed E-state index contributed by atoms with van der Waals surface area (Å²) in [6.07, 6.45) is 3.65. The Kier molecular flexibility index (Phi) is 6.10. The molecule has 0 atom stereocenters. The van der Waals surface area contributed by atoms with E-state index in [1.165, 1.54) is 0 Å². The lowest BCUT2D eigenvalue weighted by atomic mass is 10.2. The second-order valence-corrected chi connectivity index (χ2v) is 8.65. The lowest BCUT2D eigenvalue weighted by molar-refractivity contribution is -0.127. The number of halogens is 1. The van der Waals surface area contributed by atoms with Crippen LogP contribution in [0.3, 0.4) is 0 Å². The molecule has 1 aromatic carbocycles. The highest BCUT2D eigenvalue weighted by atomic mass is 79.9. The SMILES string of the molecule is Cc1cc(/C=C2/SC(=O)N(CC(=O)Nc3ccc(Br)cc3)C2=O)cn1C(C)C. The van der Waals surface area contributed by atoms with Gasteiger partial charge in [-0.1, -0.05) is 15.9 Å². The van der Waals surface area contributed by atoms with Crippen LogP contribution in [0.5, 0.6) is 0 Å². The molecule has 1 saturated heterocycles. The highest BCUT2D eigenvalue weighted by Crippen LogP contribution is 2.32. The monoisotopic (exact) mass is 461 g/mol. The number of hydrogen-bond donors (Lipinski definition) is 1. The number of benzene rings is 1. The summed E-state index contributed by atoms with van der Waals surface area (Å²) in [5.74, 6) is -0.872. The first-order valence-corrected chi connectivity index (χ1v) is 10.3. The highest BCUT2D eigenvalue weighted by Gasteiger charge is 2.36. The summed E-state index contributed by atoms with van der Waals surface area (Å²) in [6, 6.07) is 9.33. The number of nitrogens with one attached hydrogen (secondary N) is 1. The van der Waals surface area contributed by atoms with Crippen LogP contribution in [0.15, 0.2) is 45.9 Å². The lowest BCUT2D eigenvalue weighted by Crippen LogP contribution is -2.36. The third kappa shape index (κ3) is 4.56. The topological polar surface area (TPSA) is 71.4 Å². The molecule has 0 saturated carbocycles. The van der Waals surface area contributed by atoms with Gasteiger partial charge in [0.05, 0.1) is 4.91 Å². The Morgan fingerprint density at radius 2 is 1.93 bits per heavy atom. The van der Waals surface area contributed by atoms with Crippen molar-refractivity contribution < 1.29 is 14.4 Å². The van der Waals surface area contributed by atoms with Gasteiger partial charge in [0.1, 0.15) is 6.54 Å². The lowest BCUT2D eigenvalue weighted by Gasteiger charge is -2.12. The molecule has 3 rings (SSSR count). The van der Waals surface area contributed by atoms with Gasteiger partial charge in [0.15, 0.2) is 0 Å². The fourth-order valence-corrected chi connectivity index (χ4v) is 4.02. The molecule has 6 nitrogen and oxygen atoms in total. The van der Waals surface area contributed by atoms with E-state index in [1.807, 2.05) is 19.2 Å². The second-order valence-electron chi connectivity index (χ2n) is 6.74. The zero-order chi connectivity index (χ0) is 20.4. The van der Waals surface area contributed by atoms with Crippen molar-refractivity contribution in [2.75, 3.05) is 11.9 Å². The Labute approximate surface area is 176 Å². The van der Waals surface area contributed by atoms with E-state index < -0.39 is 17.1 Å². The first-order valence-electron chi connectivity index (χ1n) is 8.74. The van der Waals surface area contributed by atoms with Crippen molar-refractivity contribution in [3.05, 3.63) is 57.2 Å². The Balaban J connectivity index is 1.70. The summed E-state index contributed by atoms with van der Waals surface area (Å²) in [5.41, 5.74) is 2.53. The molecule has 1 aliphatic rings. The number of nitrogens with zero attached hydrogens (tertiary/aromatic N) is 2. The van der Waals surface area contributed by atoms with E-state index in [9.17, 15) is 14.4 Å². The molecule has 8 heteroatoms. The van der Waals surface area contributed by atoms with Crippen molar-refractivity contribution in [3.63, 3.8) is 0 Å². The van der Waals surface area contributed by atoms with Gasteiger partial charge in [-0.3, -0.25) is 19.3 Å². The van der Waals surface area contributed by atoms with Crippen molar-refractivity contribution >= 4 is 56.5 Å². The number of imide groups is 1. The number of anilines is 1. The maximum atomic E-state index is 12.6. The van der Waals surface area contributed by atoms with Gasteiger partial charge in [0.25, 0.3) is 11.1 Å². The molecule has 0 unspecified atom stereocenters. The van der Waals surface area contributed by atoms with Gasteiger partial charge in [-0.15, -0.1) is 0 Å². The summed E-state index contributed by atoms with van der Waals surface area (Å²) in [5, 5.41) is 2.24. The zero-order valence-corrected chi connectivity index (χ0v) is 18.1. The van der Waals surface area contributed by atoms with Crippen molar-refractivity contribution in [2.24, 2.45) is 0 Å². The number of carbonyl (C=O) groups excluding carboxylic acids is 3. The van der Waals surface area contributed by atoms with Gasteiger partial charge in [-0.2, -0.15) is 0 Å². The van der Waals surface area contributed by atoms with E-state index in [2.05, 4.69) is 39.7 Å². The van der Waals surface area contributed by atoms with Crippen LogP contribution in [-0.2, 0) is 9.59 Å². The molecule has 1 aromatic heterocycles. The van der Waals surface area contributed by atoms with Gasteiger partial charge in [0.2, 0.25) is 5.91 Å². The Morgan fingerprint density at radius 3 is 2.54 bits per heavy atom. The maximum Gasteiger partial charge on any atom is 0.294 e. The van der Waals surface area contributed by atoms with Crippen molar-refractivity contribution in [2.45, 2.75) is 26.8 Å². The minimum atomic E-state index is -0.448. The van der Waals surface area contributed by atoms with E-state index >= 15 is 0 Å². The predicted octanol–water partition coefficient (Wildman–Crippen LogP) is 4.81. The molecule has 146 valence electrons. The molecule has 0 radical (unpaired) electrons. The van der Waals surface area contributed by atoms with Crippen LogP contribution in [-0.4, -0.2) is 33.1 Å². The molecule has 0 aliphatic carbocycles. The fourth-order valence-electron chi connectivity index (χ4n) is 2.92. The predicted molar refractivity (Wildman–Crippen MR) is 115 cm³/mol. The molecular weight excluding hydrogens is 442 g/mol. The Morgan fingerprint density at radius 1 is 1.25 bits per heavy atom. The number of amides is 3. The van der Waals surface area contributed by atoms with Gasteiger partial charge in [-0.25, -0.2) is 0 Å². The molecule has 0 bridgehead atoms. The summed E-state index contributed by atoms with van der Waals surface area (Å²) >= 11 is 4.18. The smallest absolute Gasteiger partial charge is 0.294 e. The molecule has 3 amide bonds. The summed E-state index contributed by atoms with van der Waals surface area (Å²) in [4.78, 5) is 38.4. The van der Waals surface area contributed by atoms with Crippen LogP contribution >= 0.6 is 27.7 Å². The van der Waals surface area contributed by atoms with Crippen LogP contribution < -0.4 is 5.32 Å². The second kappa shape index (κ2) is 8.36. The summed E-state index contributed by atoms with van der Waals surface area (Å²) < 4.78 is 2.99. The van der Waals surface area contributed by atoms with Crippen molar-refractivity contribution in [1.82, 2.24) is 9.47 Å². The van der Waals surface area contributed by atoms with Crippen molar-refractivity contribution in [3.8, 4) is 0 Å². The van der Waals surface area contributed by atoms with Crippen molar-refractivity contribution in [1.29, 1.82) is 0 Å².